The van der Waals surface area contributed by atoms with Gasteiger partial charge in [0.1, 0.15) is 5.41 Å². The Hall–Kier alpha value is -1.55. The number of benzene rings is 1. The normalized spacial score (nSPS) is 19.6. The van der Waals surface area contributed by atoms with Crippen LogP contribution in [-0.4, -0.2) is 37.9 Å². The molecule has 0 unspecified atom stereocenters. The van der Waals surface area contributed by atoms with E-state index in [1.54, 1.807) is 0 Å². The van der Waals surface area contributed by atoms with E-state index in [4.69, 9.17) is 4.74 Å². The number of ether oxygens (including phenoxy) is 1. The largest absolute Gasteiger partial charge is 0.481 e. The molecule has 1 heterocycles. The molecule has 0 saturated carbocycles. The Bertz CT molecular complexity index is 508. The van der Waals surface area contributed by atoms with Crippen LogP contribution >= 0.6 is 0 Å². The lowest BCUT2D eigenvalue weighted by atomic mass is 9.85. The van der Waals surface area contributed by atoms with Crippen molar-refractivity contribution in [2.24, 2.45) is 5.41 Å². The molecule has 1 aliphatic heterocycles. The van der Waals surface area contributed by atoms with E-state index in [0.29, 0.717) is 19.8 Å². The summed E-state index contributed by atoms with van der Waals surface area (Å²) in [6, 6.07) is 6.48. The molecule has 1 saturated heterocycles. The first-order valence-electron chi connectivity index (χ1n) is 6.75. The number of hydrogen-bond acceptors (Lipinski definition) is 3. The number of nitrogens with zero attached hydrogens (tertiary/aromatic N) is 1. The van der Waals surface area contributed by atoms with Crippen LogP contribution in [-0.2, 0) is 22.4 Å². The highest BCUT2D eigenvalue weighted by Crippen LogP contribution is 2.32. The molecule has 1 aromatic carbocycles. The minimum absolute atomic E-state index is 0.317. The van der Waals surface area contributed by atoms with Crippen molar-refractivity contribution in [1.29, 1.82) is 0 Å². The van der Waals surface area contributed by atoms with Crippen molar-refractivity contribution in [2.45, 2.75) is 19.3 Å². The van der Waals surface area contributed by atoms with Gasteiger partial charge in [-0.1, -0.05) is 6.07 Å². The second-order valence-corrected chi connectivity index (χ2v) is 5.74. The first-order chi connectivity index (χ1) is 9.11. The van der Waals surface area contributed by atoms with Crippen molar-refractivity contribution < 1.29 is 14.6 Å². The summed E-state index contributed by atoms with van der Waals surface area (Å²) in [5, 5.41) is 9.33. The van der Waals surface area contributed by atoms with Crippen molar-refractivity contribution in [3.05, 3.63) is 29.3 Å². The monoisotopic (exact) mass is 261 g/mol. The molecule has 1 N–H and O–H groups in total. The zero-order valence-electron chi connectivity index (χ0n) is 11.2. The lowest BCUT2D eigenvalue weighted by molar-refractivity contribution is -0.177. The topological polar surface area (TPSA) is 49.8 Å². The average Bonchev–Trinajstić information content (AvgIpc) is 2.79. The summed E-state index contributed by atoms with van der Waals surface area (Å²) in [5.74, 6) is -0.758. The van der Waals surface area contributed by atoms with E-state index in [-0.39, 0.29) is 0 Å². The Morgan fingerprint density at radius 3 is 2.74 bits per heavy atom. The molecule has 1 fully saturated rings. The van der Waals surface area contributed by atoms with Gasteiger partial charge in [0.15, 0.2) is 0 Å². The molecular formula is C15H19NO3. The summed E-state index contributed by atoms with van der Waals surface area (Å²) in [7, 11) is 1.96. The minimum atomic E-state index is -0.758. The molecule has 3 rings (SSSR count). The highest BCUT2D eigenvalue weighted by atomic mass is 16.5. The van der Waals surface area contributed by atoms with Crippen LogP contribution < -0.4 is 4.90 Å². The number of aryl methyl sites for hydroxylation is 2. The number of rotatable bonds is 4. The lowest BCUT2D eigenvalue weighted by Crippen LogP contribution is -2.55. The zero-order valence-corrected chi connectivity index (χ0v) is 11.2. The van der Waals surface area contributed by atoms with Gasteiger partial charge in [-0.2, -0.15) is 0 Å². The first kappa shape index (κ1) is 12.5. The van der Waals surface area contributed by atoms with E-state index < -0.39 is 11.4 Å². The summed E-state index contributed by atoms with van der Waals surface area (Å²) in [6.07, 6.45) is 3.55. The molecule has 0 amide bonds. The van der Waals surface area contributed by atoms with Gasteiger partial charge < -0.3 is 14.7 Å². The molecule has 0 spiro atoms. The third kappa shape index (κ3) is 2.10. The zero-order chi connectivity index (χ0) is 13.5. The number of anilines is 1. The highest BCUT2D eigenvalue weighted by Gasteiger charge is 2.47. The van der Waals surface area contributed by atoms with Gasteiger partial charge in [0.25, 0.3) is 0 Å². The Morgan fingerprint density at radius 2 is 2.11 bits per heavy atom. The van der Waals surface area contributed by atoms with E-state index in [1.165, 1.54) is 24.0 Å². The Morgan fingerprint density at radius 1 is 1.37 bits per heavy atom. The van der Waals surface area contributed by atoms with Gasteiger partial charge in [-0.25, -0.2) is 0 Å². The van der Waals surface area contributed by atoms with E-state index in [2.05, 4.69) is 18.2 Å². The van der Waals surface area contributed by atoms with Crippen molar-refractivity contribution in [3.63, 3.8) is 0 Å². The summed E-state index contributed by atoms with van der Waals surface area (Å²) in [5.41, 5.74) is 3.23. The van der Waals surface area contributed by atoms with E-state index in [0.717, 1.165) is 12.1 Å². The van der Waals surface area contributed by atoms with Crippen LogP contribution in [0.15, 0.2) is 18.2 Å². The number of hydrogen-bond donors (Lipinski definition) is 1. The van der Waals surface area contributed by atoms with Crippen LogP contribution in [0.1, 0.15) is 17.5 Å². The summed E-state index contributed by atoms with van der Waals surface area (Å²) >= 11 is 0. The van der Waals surface area contributed by atoms with Gasteiger partial charge in [-0.05, 0) is 42.5 Å². The number of carboxylic acids is 1. The predicted molar refractivity (Wildman–Crippen MR) is 72.6 cm³/mol. The summed E-state index contributed by atoms with van der Waals surface area (Å²) < 4.78 is 5.10. The van der Waals surface area contributed by atoms with Gasteiger partial charge >= 0.3 is 5.97 Å². The maximum Gasteiger partial charge on any atom is 0.316 e. The van der Waals surface area contributed by atoms with E-state index >= 15 is 0 Å². The second kappa shape index (κ2) is 4.53. The van der Waals surface area contributed by atoms with Crippen molar-refractivity contribution >= 4 is 11.7 Å². The van der Waals surface area contributed by atoms with Crippen molar-refractivity contribution in [2.75, 3.05) is 31.7 Å². The molecule has 1 aromatic rings. The van der Waals surface area contributed by atoms with Gasteiger partial charge in [0.05, 0.1) is 13.2 Å². The summed E-state index contributed by atoms with van der Waals surface area (Å²) in [4.78, 5) is 13.4. The fourth-order valence-corrected chi connectivity index (χ4v) is 2.97. The predicted octanol–water partition coefficient (Wildman–Crippen LogP) is 1.71. The van der Waals surface area contributed by atoms with Gasteiger partial charge in [0.2, 0.25) is 0 Å². The number of fused-ring (bicyclic) bond motifs is 1. The summed E-state index contributed by atoms with van der Waals surface area (Å²) in [6.45, 7) is 1.14. The fourth-order valence-electron chi connectivity index (χ4n) is 2.97. The van der Waals surface area contributed by atoms with E-state index in [1.807, 2.05) is 11.9 Å². The molecule has 102 valence electrons. The first-order valence-corrected chi connectivity index (χ1v) is 6.75. The quantitative estimate of drug-likeness (QED) is 0.896. The fraction of sp³-hybridized carbons (Fsp3) is 0.533. The third-order valence-electron chi connectivity index (χ3n) is 4.27. The maximum atomic E-state index is 11.4. The third-order valence-corrected chi connectivity index (χ3v) is 4.27. The highest BCUT2D eigenvalue weighted by molar-refractivity contribution is 5.77. The molecular weight excluding hydrogens is 242 g/mol. The molecule has 0 bridgehead atoms. The molecule has 0 atom stereocenters. The molecule has 4 nitrogen and oxygen atoms in total. The average molecular weight is 261 g/mol. The molecule has 4 heteroatoms. The minimum Gasteiger partial charge on any atom is -0.481 e. The molecule has 2 aliphatic rings. The SMILES string of the molecule is CN(CC1(C(=O)O)COC1)c1ccc2c(c1)CCC2. The number of carboxylic acid groups (broad SMARTS) is 1. The van der Waals surface area contributed by atoms with Gasteiger partial charge in [0, 0.05) is 19.3 Å². The molecule has 1 aliphatic carbocycles. The standard InChI is InChI=1S/C15H19NO3/c1-16(8-15(14(17)18)9-19-10-15)13-6-5-11-3-2-4-12(11)7-13/h5-7H,2-4,8-10H2,1H3,(H,17,18). The van der Waals surface area contributed by atoms with Crippen LogP contribution in [0.3, 0.4) is 0 Å². The Labute approximate surface area is 113 Å². The Kier molecular flexibility index (Phi) is 2.97. The van der Waals surface area contributed by atoms with E-state index in [9.17, 15) is 9.90 Å². The number of aliphatic carboxylic acids is 1. The smallest absolute Gasteiger partial charge is 0.316 e. The second-order valence-electron chi connectivity index (χ2n) is 5.74. The molecule has 0 radical (unpaired) electrons. The van der Waals surface area contributed by atoms with Crippen molar-refractivity contribution in [1.82, 2.24) is 0 Å². The Balaban J connectivity index is 1.77. The van der Waals surface area contributed by atoms with Crippen LogP contribution in [0.4, 0.5) is 5.69 Å². The van der Waals surface area contributed by atoms with Gasteiger partial charge in [-0.3, -0.25) is 4.79 Å². The van der Waals surface area contributed by atoms with Crippen LogP contribution in [0.25, 0.3) is 0 Å². The van der Waals surface area contributed by atoms with Gasteiger partial charge in [-0.15, -0.1) is 0 Å². The van der Waals surface area contributed by atoms with Crippen molar-refractivity contribution in [3.8, 4) is 0 Å². The lowest BCUT2D eigenvalue weighted by Gasteiger charge is -2.40. The van der Waals surface area contributed by atoms with Crippen LogP contribution in [0.2, 0.25) is 0 Å². The molecule has 0 aromatic heterocycles. The van der Waals surface area contributed by atoms with Crippen LogP contribution in [0, 0.1) is 5.41 Å². The maximum absolute atomic E-state index is 11.4. The molecule has 19 heavy (non-hydrogen) atoms. The number of carbonyl (C=O) groups is 1. The van der Waals surface area contributed by atoms with Crippen LogP contribution in [0.5, 0.6) is 0 Å².